The second-order valence-electron chi connectivity index (χ2n) is 5.44. The van der Waals surface area contributed by atoms with Gasteiger partial charge in [0.15, 0.2) is 10.9 Å². The first kappa shape index (κ1) is 14.9. The van der Waals surface area contributed by atoms with Crippen molar-refractivity contribution in [2.45, 2.75) is 6.54 Å². The van der Waals surface area contributed by atoms with Crippen LogP contribution in [0.5, 0.6) is 0 Å². The van der Waals surface area contributed by atoms with Gasteiger partial charge in [-0.25, -0.2) is 14.8 Å². The van der Waals surface area contributed by atoms with Crippen molar-refractivity contribution in [3.63, 3.8) is 0 Å². The summed E-state index contributed by atoms with van der Waals surface area (Å²) < 4.78 is 2.05. The lowest BCUT2D eigenvalue weighted by molar-refractivity contribution is 0.804. The average Bonchev–Trinajstić information content (AvgIpc) is 2.96. The first-order chi connectivity index (χ1) is 11.6. The zero-order valence-electron chi connectivity index (χ0n) is 12.4. The van der Waals surface area contributed by atoms with Crippen molar-refractivity contribution in [3.05, 3.63) is 76.6 Å². The molecule has 0 saturated heterocycles. The minimum Gasteiger partial charge on any atom is -0.340 e. The van der Waals surface area contributed by atoms with Gasteiger partial charge < -0.3 is 4.57 Å². The maximum atomic E-state index is 7.03. The van der Waals surface area contributed by atoms with Crippen molar-refractivity contribution in [2.75, 3.05) is 0 Å². The number of hydrogen-bond donors (Lipinski definition) is 0. The topological polar surface area (TPSA) is 34.5 Å². The van der Waals surface area contributed by atoms with Crippen LogP contribution < -0.4 is 0 Å². The predicted molar refractivity (Wildman–Crippen MR) is 96.5 cm³/mol. The molecule has 24 heavy (non-hydrogen) atoms. The van der Waals surface area contributed by atoms with Crippen LogP contribution in [0.2, 0.25) is 5.15 Å². The molecule has 4 nitrogen and oxygen atoms in total. The summed E-state index contributed by atoms with van der Waals surface area (Å²) in [6, 6.07) is 11.3. The van der Waals surface area contributed by atoms with Gasteiger partial charge in [0.05, 0.1) is 24.2 Å². The van der Waals surface area contributed by atoms with Gasteiger partial charge in [0.25, 0.3) is 0 Å². The molecule has 0 radical (unpaired) electrons. The molecule has 116 valence electrons. The SMILES string of the molecule is [C-]#[N+]c1ccc(-c2cc3n(c2)Cc2cc(Cl)ncc2N=C3Cl)cc1. The van der Waals surface area contributed by atoms with Gasteiger partial charge in [0.2, 0.25) is 0 Å². The third-order valence-electron chi connectivity index (χ3n) is 3.93. The fourth-order valence-corrected chi connectivity index (χ4v) is 3.17. The molecule has 0 N–H and O–H groups in total. The molecular weight excluding hydrogens is 343 g/mol. The van der Waals surface area contributed by atoms with E-state index < -0.39 is 0 Å². The second kappa shape index (κ2) is 5.79. The van der Waals surface area contributed by atoms with Crippen LogP contribution in [0.15, 0.2) is 53.8 Å². The van der Waals surface area contributed by atoms with E-state index in [1.165, 1.54) is 0 Å². The van der Waals surface area contributed by atoms with Crippen LogP contribution in [0.4, 0.5) is 11.4 Å². The molecule has 0 spiro atoms. The summed E-state index contributed by atoms with van der Waals surface area (Å²) in [5, 5.41) is 0.854. The third-order valence-corrected chi connectivity index (χ3v) is 4.41. The highest BCUT2D eigenvalue weighted by Crippen LogP contribution is 2.31. The first-order valence-corrected chi connectivity index (χ1v) is 7.97. The molecular formula is C18H10Cl2N4. The van der Waals surface area contributed by atoms with Gasteiger partial charge in [-0.3, -0.25) is 0 Å². The minimum atomic E-state index is 0.418. The number of nitrogens with zero attached hydrogens (tertiary/aromatic N) is 4. The first-order valence-electron chi connectivity index (χ1n) is 7.21. The normalized spacial score (nSPS) is 12.6. The summed E-state index contributed by atoms with van der Waals surface area (Å²) in [6.45, 7) is 7.65. The number of aromatic nitrogens is 2. The Morgan fingerprint density at radius 2 is 1.88 bits per heavy atom. The van der Waals surface area contributed by atoms with Gasteiger partial charge in [-0.05, 0) is 23.3 Å². The quantitative estimate of drug-likeness (QED) is 0.424. The van der Waals surface area contributed by atoms with Gasteiger partial charge in [-0.1, -0.05) is 47.5 Å². The second-order valence-corrected chi connectivity index (χ2v) is 6.18. The van der Waals surface area contributed by atoms with Crippen molar-refractivity contribution in [2.24, 2.45) is 4.99 Å². The Balaban J connectivity index is 1.79. The van der Waals surface area contributed by atoms with Crippen LogP contribution in [0.3, 0.4) is 0 Å². The van der Waals surface area contributed by atoms with Crippen LogP contribution in [-0.4, -0.2) is 14.7 Å². The highest BCUT2D eigenvalue weighted by Gasteiger charge is 2.18. The zero-order valence-corrected chi connectivity index (χ0v) is 13.9. The number of aliphatic imine (C=N–C) groups is 1. The lowest BCUT2D eigenvalue weighted by Gasteiger charge is -2.06. The third kappa shape index (κ3) is 2.58. The zero-order chi connectivity index (χ0) is 16.7. The predicted octanol–water partition coefficient (Wildman–Crippen LogP) is 5.43. The van der Waals surface area contributed by atoms with Crippen molar-refractivity contribution >= 4 is 39.7 Å². The maximum absolute atomic E-state index is 7.03. The van der Waals surface area contributed by atoms with Crippen LogP contribution in [0.1, 0.15) is 11.3 Å². The molecule has 2 aromatic heterocycles. The van der Waals surface area contributed by atoms with Gasteiger partial charge in [-0.2, -0.15) is 0 Å². The molecule has 1 aromatic carbocycles. The summed E-state index contributed by atoms with van der Waals surface area (Å²) in [6.07, 6.45) is 3.67. The largest absolute Gasteiger partial charge is 0.340 e. The molecule has 0 atom stereocenters. The van der Waals surface area contributed by atoms with E-state index in [1.54, 1.807) is 6.20 Å². The lowest BCUT2D eigenvalue weighted by Crippen LogP contribution is -2.03. The molecule has 3 aromatic rings. The fraction of sp³-hybridized carbons (Fsp3) is 0.0556. The monoisotopic (exact) mass is 352 g/mol. The van der Waals surface area contributed by atoms with E-state index >= 15 is 0 Å². The van der Waals surface area contributed by atoms with E-state index in [9.17, 15) is 0 Å². The number of hydrogen-bond acceptors (Lipinski definition) is 2. The molecule has 4 rings (SSSR count). The molecule has 0 bridgehead atoms. The van der Waals surface area contributed by atoms with E-state index in [1.807, 2.05) is 47.2 Å². The molecule has 0 amide bonds. The molecule has 1 aliphatic heterocycles. The van der Waals surface area contributed by atoms with E-state index in [4.69, 9.17) is 29.8 Å². The van der Waals surface area contributed by atoms with E-state index in [0.29, 0.717) is 22.6 Å². The molecule has 0 saturated carbocycles. The Bertz CT molecular complexity index is 1010. The smallest absolute Gasteiger partial charge is 0.187 e. The standard InChI is InChI=1S/C18H10Cl2N4/c1-21-14-4-2-11(3-5-14)12-6-16-18(20)23-15-8-22-17(19)7-13(15)10-24(16)9-12/h2-9H,10H2. The van der Waals surface area contributed by atoms with Crippen LogP contribution in [-0.2, 0) is 6.54 Å². The van der Waals surface area contributed by atoms with E-state index in [-0.39, 0.29) is 0 Å². The lowest BCUT2D eigenvalue weighted by atomic mass is 10.1. The Kier molecular flexibility index (Phi) is 3.61. The van der Waals surface area contributed by atoms with Gasteiger partial charge in [0, 0.05) is 18.3 Å². The molecule has 0 fully saturated rings. The van der Waals surface area contributed by atoms with E-state index in [2.05, 4.69) is 14.8 Å². The number of rotatable bonds is 1. The van der Waals surface area contributed by atoms with Gasteiger partial charge in [0.1, 0.15) is 5.15 Å². The summed E-state index contributed by atoms with van der Waals surface area (Å²) in [5.41, 5.74) is 5.22. The van der Waals surface area contributed by atoms with Crippen LogP contribution in [0, 0.1) is 6.57 Å². The number of pyridine rings is 1. The number of halogens is 2. The maximum Gasteiger partial charge on any atom is 0.187 e. The van der Waals surface area contributed by atoms with Crippen LogP contribution >= 0.6 is 23.2 Å². The highest BCUT2D eigenvalue weighted by molar-refractivity contribution is 6.69. The fourth-order valence-electron chi connectivity index (χ4n) is 2.73. The number of fused-ring (bicyclic) bond motifs is 2. The Hall–Kier alpha value is -2.61. The molecule has 3 heterocycles. The molecule has 6 heteroatoms. The summed E-state index contributed by atoms with van der Waals surface area (Å²) >= 11 is 12.4. The van der Waals surface area contributed by atoms with Crippen molar-refractivity contribution < 1.29 is 0 Å². The average molecular weight is 353 g/mol. The van der Waals surface area contributed by atoms with Crippen molar-refractivity contribution in [3.8, 4) is 11.1 Å². The van der Waals surface area contributed by atoms with Crippen molar-refractivity contribution in [1.29, 1.82) is 0 Å². The van der Waals surface area contributed by atoms with Crippen molar-refractivity contribution in [1.82, 2.24) is 9.55 Å². The van der Waals surface area contributed by atoms with Crippen LogP contribution in [0.25, 0.3) is 16.0 Å². The Morgan fingerprint density at radius 3 is 2.62 bits per heavy atom. The highest BCUT2D eigenvalue weighted by atomic mass is 35.5. The molecule has 0 aliphatic carbocycles. The summed E-state index contributed by atoms with van der Waals surface area (Å²) in [4.78, 5) is 11.9. The Labute approximate surface area is 148 Å². The molecule has 1 aliphatic rings. The molecule has 0 unspecified atom stereocenters. The minimum absolute atomic E-state index is 0.418. The Morgan fingerprint density at radius 1 is 1.08 bits per heavy atom. The van der Waals surface area contributed by atoms with Gasteiger partial charge >= 0.3 is 0 Å². The van der Waals surface area contributed by atoms with E-state index in [0.717, 1.165) is 28.1 Å². The summed E-state index contributed by atoms with van der Waals surface area (Å²) in [5.74, 6) is 0. The number of benzene rings is 1. The van der Waals surface area contributed by atoms with Gasteiger partial charge in [-0.15, -0.1) is 0 Å². The summed E-state index contributed by atoms with van der Waals surface area (Å²) in [7, 11) is 0.